The van der Waals surface area contributed by atoms with Crippen LogP contribution in [0.2, 0.25) is 0 Å². The molecule has 0 aliphatic carbocycles. The minimum atomic E-state index is -0.529. The zero-order valence-corrected chi connectivity index (χ0v) is 14.5. The van der Waals surface area contributed by atoms with Gasteiger partial charge in [0.15, 0.2) is 0 Å². The second kappa shape index (κ2) is 7.97. The lowest BCUT2D eigenvalue weighted by Gasteiger charge is -2.38. The van der Waals surface area contributed by atoms with Crippen LogP contribution in [0.3, 0.4) is 0 Å². The Bertz CT molecular complexity index is 620. The normalized spacial score (nSPS) is 21.0. The number of ether oxygens (including phenoxy) is 1. The van der Waals surface area contributed by atoms with Crippen LogP contribution in [0.15, 0.2) is 36.4 Å². The van der Waals surface area contributed by atoms with Crippen LogP contribution in [0.4, 0.5) is 10.5 Å². The molecule has 2 rings (SSSR count). The van der Waals surface area contributed by atoms with Gasteiger partial charge in [-0.1, -0.05) is 19.1 Å². The molecule has 1 aromatic carbocycles. The predicted octanol–water partition coefficient (Wildman–Crippen LogP) is 3.47. The van der Waals surface area contributed by atoms with Gasteiger partial charge in [0.2, 0.25) is 0 Å². The van der Waals surface area contributed by atoms with Crippen molar-refractivity contribution in [1.29, 1.82) is 0 Å². The van der Waals surface area contributed by atoms with Crippen LogP contribution in [-0.4, -0.2) is 29.1 Å². The maximum atomic E-state index is 12.1. The molecule has 2 amide bonds. The third kappa shape index (κ3) is 4.83. The minimum absolute atomic E-state index is 0.271. The van der Waals surface area contributed by atoms with Crippen molar-refractivity contribution in [1.82, 2.24) is 10.4 Å². The van der Waals surface area contributed by atoms with E-state index in [9.17, 15) is 9.59 Å². The highest BCUT2D eigenvalue weighted by Gasteiger charge is 2.26. The van der Waals surface area contributed by atoms with Gasteiger partial charge in [-0.05, 0) is 45.7 Å². The molecule has 0 radical (unpaired) electrons. The van der Waals surface area contributed by atoms with E-state index >= 15 is 0 Å². The van der Waals surface area contributed by atoms with Crippen molar-refractivity contribution in [2.24, 2.45) is 0 Å². The van der Waals surface area contributed by atoms with Crippen LogP contribution in [0.5, 0.6) is 5.75 Å². The maximum absolute atomic E-state index is 12.1. The molecule has 1 aliphatic rings. The molecule has 2 atom stereocenters. The molecule has 0 saturated carbocycles. The number of carbonyl (C=O) groups excluding carboxylic acids is 2. The molecular weight excluding hydrogens is 306 g/mol. The molecule has 6 nitrogen and oxygen atoms in total. The number of benzene rings is 1. The number of piperidine rings is 1. The topological polar surface area (TPSA) is 70.7 Å². The first-order chi connectivity index (χ1) is 11.4. The van der Waals surface area contributed by atoms with E-state index in [2.05, 4.69) is 31.2 Å². The standard InChI is InChI=1S/C18H25N3O3/c1-12(2)17(22)19-15-9-6-10-16(11-15)24-18(23)20-21-13(3)7-5-8-14(21)4/h6,9-11,13-14H,1,5,7-8H2,2-4H3,(H,19,22)(H,20,23). The van der Waals surface area contributed by atoms with Gasteiger partial charge in [-0.25, -0.2) is 9.80 Å². The van der Waals surface area contributed by atoms with Gasteiger partial charge in [-0.2, -0.15) is 0 Å². The highest BCUT2D eigenvalue weighted by Crippen LogP contribution is 2.21. The number of nitrogens with zero attached hydrogens (tertiary/aromatic N) is 1. The summed E-state index contributed by atoms with van der Waals surface area (Å²) in [5, 5.41) is 4.63. The van der Waals surface area contributed by atoms with Gasteiger partial charge in [0.05, 0.1) is 0 Å². The van der Waals surface area contributed by atoms with Crippen LogP contribution in [0, 0.1) is 0 Å². The van der Waals surface area contributed by atoms with Crippen LogP contribution >= 0.6 is 0 Å². The summed E-state index contributed by atoms with van der Waals surface area (Å²) in [4.78, 5) is 23.8. The molecule has 24 heavy (non-hydrogen) atoms. The fraction of sp³-hybridized carbons (Fsp3) is 0.444. The van der Waals surface area contributed by atoms with Crippen molar-refractivity contribution < 1.29 is 14.3 Å². The number of anilines is 1. The van der Waals surface area contributed by atoms with Crippen molar-refractivity contribution >= 4 is 17.7 Å². The van der Waals surface area contributed by atoms with Gasteiger partial charge in [0.25, 0.3) is 5.91 Å². The summed E-state index contributed by atoms with van der Waals surface area (Å²) in [5.74, 6) is 0.0944. The molecule has 0 spiro atoms. The summed E-state index contributed by atoms with van der Waals surface area (Å²) in [5.41, 5.74) is 3.77. The summed E-state index contributed by atoms with van der Waals surface area (Å²) in [6.45, 7) is 9.39. The molecule has 6 heteroatoms. The molecular formula is C18H25N3O3. The number of amides is 2. The monoisotopic (exact) mass is 331 g/mol. The van der Waals surface area contributed by atoms with Crippen molar-refractivity contribution in [3.8, 4) is 5.75 Å². The zero-order valence-electron chi connectivity index (χ0n) is 14.5. The third-order valence-electron chi connectivity index (χ3n) is 4.10. The van der Waals surface area contributed by atoms with Gasteiger partial charge in [-0.15, -0.1) is 0 Å². The van der Waals surface area contributed by atoms with E-state index in [1.54, 1.807) is 31.2 Å². The van der Waals surface area contributed by atoms with Crippen LogP contribution < -0.4 is 15.5 Å². The molecule has 1 aromatic rings. The van der Waals surface area contributed by atoms with Crippen molar-refractivity contribution in [3.63, 3.8) is 0 Å². The van der Waals surface area contributed by atoms with E-state index in [1.165, 1.54) is 6.42 Å². The van der Waals surface area contributed by atoms with Crippen molar-refractivity contribution in [2.45, 2.75) is 52.1 Å². The van der Waals surface area contributed by atoms with E-state index < -0.39 is 6.09 Å². The molecule has 130 valence electrons. The second-order valence-electron chi connectivity index (χ2n) is 6.30. The molecule has 1 heterocycles. The van der Waals surface area contributed by atoms with Crippen molar-refractivity contribution in [2.75, 3.05) is 5.32 Å². The summed E-state index contributed by atoms with van der Waals surface area (Å²) in [7, 11) is 0. The SMILES string of the molecule is C=C(C)C(=O)Nc1cccc(OC(=O)NN2C(C)CCCC2C)c1. The van der Waals surface area contributed by atoms with E-state index in [0.717, 1.165) is 12.8 Å². The van der Waals surface area contributed by atoms with E-state index in [1.807, 2.05) is 5.01 Å². The number of carbonyl (C=O) groups is 2. The first kappa shape index (κ1) is 18.0. The highest BCUT2D eigenvalue weighted by atomic mass is 16.6. The first-order valence-corrected chi connectivity index (χ1v) is 8.20. The Morgan fingerprint density at radius 2 is 1.92 bits per heavy atom. The third-order valence-corrected chi connectivity index (χ3v) is 4.10. The van der Waals surface area contributed by atoms with E-state index in [-0.39, 0.29) is 18.0 Å². The number of nitrogens with one attached hydrogen (secondary N) is 2. The minimum Gasteiger partial charge on any atom is -0.409 e. The predicted molar refractivity (Wildman–Crippen MR) is 93.7 cm³/mol. The number of rotatable bonds is 4. The highest BCUT2D eigenvalue weighted by molar-refractivity contribution is 6.02. The Hall–Kier alpha value is -2.34. The number of hydrogen-bond acceptors (Lipinski definition) is 4. The Balaban J connectivity index is 1.96. The number of hydrazine groups is 1. The quantitative estimate of drug-likeness (QED) is 0.829. The van der Waals surface area contributed by atoms with Gasteiger partial charge in [-0.3, -0.25) is 10.2 Å². The van der Waals surface area contributed by atoms with Crippen LogP contribution in [0.25, 0.3) is 0 Å². The Morgan fingerprint density at radius 3 is 2.54 bits per heavy atom. The Morgan fingerprint density at radius 1 is 1.25 bits per heavy atom. The molecule has 2 N–H and O–H groups in total. The summed E-state index contributed by atoms with van der Waals surface area (Å²) in [6.07, 6.45) is 2.74. The molecule has 1 saturated heterocycles. The van der Waals surface area contributed by atoms with E-state index in [4.69, 9.17) is 4.74 Å². The lowest BCUT2D eigenvalue weighted by Crippen LogP contribution is -2.54. The van der Waals surface area contributed by atoms with Crippen molar-refractivity contribution in [3.05, 3.63) is 36.4 Å². The Kier molecular flexibility index (Phi) is 5.98. The smallest absolute Gasteiger partial charge is 0.409 e. The largest absolute Gasteiger partial charge is 0.427 e. The van der Waals surface area contributed by atoms with E-state index in [0.29, 0.717) is 17.0 Å². The van der Waals surface area contributed by atoms with Gasteiger partial charge < -0.3 is 10.1 Å². The molecule has 0 bridgehead atoms. The summed E-state index contributed by atoms with van der Waals surface area (Å²) >= 11 is 0. The number of hydrogen-bond donors (Lipinski definition) is 2. The fourth-order valence-electron chi connectivity index (χ4n) is 2.75. The van der Waals surface area contributed by atoms with Crippen LogP contribution in [0.1, 0.15) is 40.0 Å². The molecule has 1 aliphatic heterocycles. The first-order valence-electron chi connectivity index (χ1n) is 8.20. The van der Waals surface area contributed by atoms with Gasteiger partial charge in [0, 0.05) is 29.4 Å². The fourth-order valence-corrected chi connectivity index (χ4v) is 2.75. The second-order valence-corrected chi connectivity index (χ2v) is 6.30. The van der Waals surface area contributed by atoms with Gasteiger partial charge >= 0.3 is 6.09 Å². The maximum Gasteiger partial charge on any atom is 0.427 e. The van der Waals surface area contributed by atoms with Gasteiger partial charge in [0.1, 0.15) is 5.75 Å². The zero-order chi connectivity index (χ0) is 17.7. The Labute approximate surface area is 142 Å². The average Bonchev–Trinajstić information content (AvgIpc) is 2.51. The molecule has 1 fully saturated rings. The summed E-state index contributed by atoms with van der Waals surface area (Å²) in [6, 6.07) is 7.26. The lowest BCUT2D eigenvalue weighted by molar-refractivity contribution is -0.112. The molecule has 0 aromatic heterocycles. The van der Waals surface area contributed by atoms with Crippen LogP contribution in [-0.2, 0) is 4.79 Å². The lowest BCUT2D eigenvalue weighted by atomic mass is 10.00. The average molecular weight is 331 g/mol. The summed E-state index contributed by atoms with van der Waals surface area (Å²) < 4.78 is 5.33. The molecule has 2 unspecified atom stereocenters.